The fourth-order valence-corrected chi connectivity index (χ4v) is 3.07. The van der Waals surface area contributed by atoms with Gasteiger partial charge in [0, 0.05) is 18.4 Å². The molecule has 1 aromatic heterocycles. The molecule has 2 heteroatoms. The van der Waals surface area contributed by atoms with Gasteiger partial charge in [-0.3, -0.25) is 4.98 Å². The van der Waals surface area contributed by atoms with Crippen LogP contribution >= 0.6 is 0 Å². The molecular weight excluding hydrogens is 208 g/mol. The Morgan fingerprint density at radius 2 is 2.24 bits per heavy atom. The average Bonchev–Trinajstić information content (AvgIpc) is 2.39. The van der Waals surface area contributed by atoms with Crippen molar-refractivity contribution in [2.75, 3.05) is 13.1 Å². The van der Waals surface area contributed by atoms with Crippen LogP contribution in [0.2, 0.25) is 0 Å². The normalized spacial score (nSPS) is 28.4. The first kappa shape index (κ1) is 11.0. The summed E-state index contributed by atoms with van der Waals surface area (Å²) < 4.78 is 0. The fourth-order valence-electron chi connectivity index (χ4n) is 3.07. The topological polar surface area (TPSA) is 24.9 Å². The highest BCUT2D eigenvalue weighted by molar-refractivity contribution is 5.66. The van der Waals surface area contributed by atoms with E-state index in [9.17, 15) is 0 Å². The van der Waals surface area contributed by atoms with Crippen molar-refractivity contribution in [3.8, 4) is 0 Å². The number of rotatable bonds is 1. The summed E-state index contributed by atoms with van der Waals surface area (Å²) in [7, 11) is 0. The van der Waals surface area contributed by atoms with Crippen molar-refractivity contribution in [2.24, 2.45) is 11.8 Å². The lowest BCUT2D eigenvalue weighted by Crippen LogP contribution is -2.37. The van der Waals surface area contributed by atoms with Gasteiger partial charge in [-0.15, -0.1) is 0 Å². The lowest BCUT2D eigenvalue weighted by atomic mass is 9.76. The first-order valence-electron chi connectivity index (χ1n) is 6.67. The lowest BCUT2D eigenvalue weighted by molar-refractivity contribution is 0.279. The zero-order chi connectivity index (χ0) is 11.7. The highest BCUT2D eigenvalue weighted by atomic mass is 14.9. The van der Waals surface area contributed by atoms with Gasteiger partial charge in [0.1, 0.15) is 0 Å². The highest BCUT2D eigenvalue weighted by Crippen LogP contribution is 2.36. The second kappa shape index (κ2) is 4.61. The van der Waals surface area contributed by atoms with Gasteiger partial charge < -0.3 is 5.32 Å². The summed E-state index contributed by atoms with van der Waals surface area (Å²) >= 11 is 0. The van der Waals surface area contributed by atoms with Crippen LogP contribution in [0.4, 0.5) is 0 Å². The van der Waals surface area contributed by atoms with E-state index >= 15 is 0 Å². The minimum atomic E-state index is 0.744. The second-order valence-corrected chi connectivity index (χ2v) is 5.34. The van der Waals surface area contributed by atoms with Gasteiger partial charge in [-0.05, 0) is 61.8 Å². The molecule has 0 saturated carbocycles. The standard InChI is InChI=1S/C15H20N2/c1-11-2-3-14(10-17-11)13-5-4-12-6-7-16-9-15(12)8-13/h2-3,8,10,12,15-16H,4-7,9H2,1H3/t12-,15+/m0/s1. The number of hydrogen-bond donors (Lipinski definition) is 1. The van der Waals surface area contributed by atoms with Gasteiger partial charge in [0.2, 0.25) is 0 Å². The van der Waals surface area contributed by atoms with Crippen molar-refractivity contribution in [1.29, 1.82) is 0 Å². The maximum Gasteiger partial charge on any atom is 0.0373 e. The number of hydrogen-bond acceptors (Lipinski definition) is 2. The van der Waals surface area contributed by atoms with Crippen molar-refractivity contribution in [2.45, 2.75) is 26.2 Å². The molecule has 1 aromatic rings. The Labute approximate surface area is 103 Å². The lowest BCUT2D eigenvalue weighted by Gasteiger charge is -2.34. The van der Waals surface area contributed by atoms with E-state index in [0.717, 1.165) is 24.1 Å². The first-order chi connectivity index (χ1) is 8.33. The Hall–Kier alpha value is -1.15. The van der Waals surface area contributed by atoms with E-state index in [2.05, 4.69) is 28.5 Å². The van der Waals surface area contributed by atoms with Crippen LogP contribution in [0.3, 0.4) is 0 Å². The molecule has 17 heavy (non-hydrogen) atoms. The van der Waals surface area contributed by atoms with Crippen molar-refractivity contribution in [1.82, 2.24) is 10.3 Å². The van der Waals surface area contributed by atoms with Crippen LogP contribution in [0.5, 0.6) is 0 Å². The second-order valence-electron chi connectivity index (χ2n) is 5.34. The number of fused-ring (bicyclic) bond motifs is 1. The molecule has 0 spiro atoms. The molecule has 2 heterocycles. The van der Waals surface area contributed by atoms with Crippen LogP contribution in [-0.4, -0.2) is 18.1 Å². The molecule has 90 valence electrons. The molecule has 0 bridgehead atoms. The van der Waals surface area contributed by atoms with Gasteiger partial charge in [-0.2, -0.15) is 0 Å². The van der Waals surface area contributed by atoms with Gasteiger partial charge >= 0.3 is 0 Å². The van der Waals surface area contributed by atoms with Gasteiger partial charge in [-0.1, -0.05) is 12.1 Å². The molecule has 1 aliphatic heterocycles. The maximum atomic E-state index is 4.40. The zero-order valence-electron chi connectivity index (χ0n) is 10.4. The van der Waals surface area contributed by atoms with Crippen LogP contribution in [0.15, 0.2) is 24.4 Å². The smallest absolute Gasteiger partial charge is 0.0373 e. The molecular formula is C15H20N2. The number of aromatic nitrogens is 1. The van der Waals surface area contributed by atoms with Gasteiger partial charge in [0.15, 0.2) is 0 Å². The van der Waals surface area contributed by atoms with E-state index in [-0.39, 0.29) is 0 Å². The Balaban J connectivity index is 1.84. The Kier molecular flexibility index (Phi) is 2.98. The van der Waals surface area contributed by atoms with Crippen molar-refractivity contribution < 1.29 is 0 Å². The zero-order valence-corrected chi connectivity index (χ0v) is 10.4. The van der Waals surface area contributed by atoms with Crippen LogP contribution in [0.1, 0.15) is 30.5 Å². The van der Waals surface area contributed by atoms with Gasteiger partial charge in [0.05, 0.1) is 0 Å². The Bertz CT molecular complexity index is 419. The summed E-state index contributed by atoms with van der Waals surface area (Å²) in [5.74, 6) is 1.66. The number of nitrogens with one attached hydrogen (secondary N) is 1. The van der Waals surface area contributed by atoms with E-state index in [0.29, 0.717) is 0 Å². The maximum absolute atomic E-state index is 4.40. The molecule has 2 atom stereocenters. The molecule has 1 aliphatic carbocycles. The molecule has 0 amide bonds. The first-order valence-corrected chi connectivity index (χ1v) is 6.67. The van der Waals surface area contributed by atoms with E-state index in [1.807, 2.05) is 13.1 Å². The molecule has 3 rings (SSSR count). The molecule has 1 N–H and O–H groups in total. The van der Waals surface area contributed by atoms with Crippen LogP contribution in [-0.2, 0) is 0 Å². The minimum absolute atomic E-state index is 0.744. The number of aryl methyl sites for hydroxylation is 1. The van der Waals surface area contributed by atoms with E-state index in [1.54, 1.807) is 0 Å². The summed E-state index contributed by atoms with van der Waals surface area (Å²) in [5, 5.41) is 3.50. The number of piperidine rings is 1. The van der Waals surface area contributed by atoms with Crippen molar-refractivity contribution >= 4 is 5.57 Å². The summed E-state index contributed by atoms with van der Waals surface area (Å²) in [4.78, 5) is 4.40. The quantitative estimate of drug-likeness (QED) is 0.799. The fraction of sp³-hybridized carbons (Fsp3) is 0.533. The molecule has 2 nitrogen and oxygen atoms in total. The molecule has 1 fully saturated rings. The Morgan fingerprint density at radius 1 is 1.29 bits per heavy atom. The third-order valence-electron chi connectivity index (χ3n) is 4.16. The predicted octanol–water partition coefficient (Wildman–Crippen LogP) is 2.79. The van der Waals surface area contributed by atoms with E-state index in [1.165, 1.54) is 36.9 Å². The molecule has 0 aromatic carbocycles. The van der Waals surface area contributed by atoms with E-state index < -0.39 is 0 Å². The average molecular weight is 228 g/mol. The van der Waals surface area contributed by atoms with Gasteiger partial charge in [0.25, 0.3) is 0 Å². The predicted molar refractivity (Wildman–Crippen MR) is 70.7 cm³/mol. The number of nitrogens with zero attached hydrogens (tertiary/aromatic N) is 1. The number of pyridine rings is 1. The largest absolute Gasteiger partial charge is 0.316 e. The van der Waals surface area contributed by atoms with E-state index in [4.69, 9.17) is 0 Å². The highest BCUT2D eigenvalue weighted by Gasteiger charge is 2.27. The van der Waals surface area contributed by atoms with Crippen LogP contribution in [0, 0.1) is 18.8 Å². The molecule has 0 unspecified atom stereocenters. The molecule has 0 radical (unpaired) electrons. The minimum Gasteiger partial charge on any atom is -0.316 e. The SMILES string of the molecule is Cc1ccc(C2=C[C@@H]3CNCC[C@@H]3CC2)cn1. The summed E-state index contributed by atoms with van der Waals surface area (Å²) in [6, 6.07) is 4.33. The summed E-state index contributed by atoms with van der Waals surface area (Å²) in [6.45, 7) is 4.41. The number of allylic oxidation sites excluding steroid dienone is 1. The summed E-state index contributed by atoms with van der Waals surface area (Å²) in [6.07, 6.45) is 8.45. The van der Waals surface area contributed by atoms with Gasteiger partial charge in [-0.25, -0.2) is 0 Å². The third-order valence-corrected chi connectivity index (χ3v) is 4.16. The molecule has 2 aliphatic rings. The van der Waals surface area contributed by atoms with Crippen LogP contribution < -0.4 is 5.32 Å². The van der Waals surface area contributed by atoms with Crippen molar-refractivity contribution in [3.63, 3.8) is 0 Å². The monoisotopic (exact) mass is 228 g/mol. The molecule has 1 saturated heterocycles. The van der Waals surface area contributed by atoms with Crippen molar-refractivity contribution in [3.05, 3.63) is 35.7 Å². The summed E-state index contributed by atoms with van der Waals surface area (Å²) in [5.41, 5.74) is 3.92. The van der Waals surface area contributed by atoms with Crippen LogP contribution in [0.25, 0.3) is 5.57 Å². The Morgan fingerprint density at radius 3 is 3.06 bits per heavy atom. The third kappa shape index (κ3) is 2.27.